The van der Waals surface area contributed by atoms with Gasteiger partial charge in [-0.3, -0.25) is 14.9 Å². The van der Waals surface area contributed by atoms with Gasteiger partial charge in [0.05, 0.1) is 16.1 Å². The summed E-state index contributed by atoms with van der Waals surface area (Å²) >= 11 is 17.4. The topological polar surface area (TPSA) is 95.7 Å². The molecule has 0 aromatic heterocycles. The highest BCUT2D eigenvalue weighted by Gasteiger charge is 2.93. The van der Waals surface area contributed by atoms with E-state index >= 15 is 0 Å². The van der Waals surface area contributed by atoms with E-state index in [1.54, 1.807) is 0 Å². The Bertz CT molecular complexity index is 1430. The number of benzene rings is 1. The minimum atomic E-state index is -8.52. The SMILES string of the molecule is O=C(CCCCCCCCCC[Si](Cl)(Cl)Cl)OCc1ccc(C(=O)OCC(F)(F)C(F)(F)C(F)(F)C(F)(F)C(F)(F)C(F)(F)C(F)(F)F)cc1[N+](=O)[O-]. The van der Waals surface area contributed by atoms with Gasteiger partial charge in [0.15, 0.2) is 6.61 Å². The molecule has 0 saturated heterocycles. The average Bonchev–Trinajstić information content (AvgIpc) is 3.01. The van der Waals surface area contributed by atoms with Crippen molar-refractivity contribution >= 4 is 56.9 Å². The third-order valence-corrected chi connectivity index (χ3v) is 9.90. The van der Waals surface area contributed by atoms with E-state index in [-0.39, 0.29) is 12.5 Å². The van der Waals surface area contributed by atoms with Gasteiger partial charge in [-0.15, -0.1) is 33.2 Å². The van der Waals surface area contributed by atoms with E-state index in [0.29, 0.717) is 31.0 Å². The lowest BCUT2D eigenvalue weighted by Crippen LogP contribution is -2.73. The third kappa shape index (κ3) is 11.8. The average molecular weight is 881 g/mol. The minimum absolute atomic E-state index is 0.113. The van der Waals surface area contributed by atoms with Crippen LogP contribution in [0.15, 0.2) is 18.2 Å². The van der Waals surface area contributed by atoms with Gasteiger partial charge in [0.2, 0.25) is 0 Å². The molecule has 0 unspecified atom stereocenters. The van der Waals surface area contributed by atoms with Crippen LogP contribution in [0.2, 0.25) is 6.04 Å². The standard InChI is InChI=1S/C27H27Cl3F15NO6Si/c28-53(29,30)12-8-6-4-2-1-3-5-7-9-19(47)51-14-17-11-10-16(13-18(17)46(49)50)20(48)52-15-21(31,32)22(33,34)23(35,36)24(37,38)25(39,40)26(41,42)27(43,44)45/h10-11,13H,1-9,12,14-15H2. The summed E-state index contributed by atoms with van der Waals surface area (Å²) in [5.74, 6) is -51.4. The molecule has 1 rings (SSSR count). The Hall–Kier alpha value is -2.40. The highest BCUT2D eigenvalue weighted by Crippen LogP contribution is 2.62. The Balaban J connectivity index is 2.87. The largest absolute Gasteiger partial charge is 0.461 e. The number of halogens is 18. The second kappa shape index (κ2) is 18.0. The van der Waals surface area contributed by atoms with E-state index < -0.39 is 94.6 Å². The second-order valence-electron chi connectivity index (χ2n) is 11.4. The van der Waals surface area contributed by atoms with Crippen molar-refractivity contribution in [1.29, 1.82) is 0 Å². The van der Waals surface area contributed by atoms with E-state index in [1.807, 2.05) is 0 Å². The molecular weight excluding hydrogens is 854 g/mol. The first-order chi connectivity index (χ1) is 23.8. The molecule has 0 spiro atoms. The predicted molar refractivity (Wildman–Crippen MR) is 159 cm³/mol. The summed E-state index contributed by atoms with van der Waals surface area (Å²) in [6.45, 7) is -4.22. The van der Waals surface area contributed by atoms with Crippen LogP contribution in [0.5, 0.6) is 0 Å². The van der Waals surface area contributed by atoms with Gasteiger partial charge in [-0.05, 0) is 24.6 Å². The number of nitrogens with zero attached hydrogens (tertiary/aromatic N) is 1. The molecule has 0 saturated carbocycles. The summed E-state index contributed by atoms with van der Waals surface area (Å²) in [7, 11) is 0. The van der Waals surface area contributed by atoms with Crippen LogP contribution in [-0.4, -0.2) is 71.2 Å². The number of unbranched alkanes of at least 4 members (excludes halogenated alkanes) is 7. The second-order valence-corrected chi connectivity index (χ2v) is 20.6. The maximum Gasteiger partial charge on any atom is 0.460 e. The molecule has 0 aliphatic rings. The number of carbonyl (C=O) groups excluding carboxylic acids is 2. The molecule has 53 heavy (non-hydrogen) atoms. The summed E-state index contributed by atoms with van der Waals surface area (Å²) in [6, 6.07) is -0.688. The van der Waals surface area contributed by atoms with Gasteiger partial charge >= 0.3 is 59.7 Å². The highest BCUT2D eigenvalue weighted by molar-refractivity contribution is 7.64. The Morgan fingerprint density at radius 1 is 0.660 bits per heavy atom. The summed E-state index contributed by atoms with van der Waals surface area (Å²) in [4.78, 5) is 34.4. The smallest absolute Gasteiger partial charge is 0.460 e. The van der Waals surface area contributed by atoms with Gasteiger partial charge in [-0.25, -0.2) is 4.79 Å². The van der Waals surface area contributed by atoms with E-state index in [0.717, 1.165) is 38.5 Å². The van der Waals surface area contributed by atoms with E-state index in [4.69, 9.17) is 38.0 Å². The van der Waals surface area contributed by atoms with Gasteiger partial charge in [0, 0.05) is 12.5 Å². The van der Waals surface area contributed by atoms with Crippen LogP contribution >= 0.6 is 33.2 Å². The molecule has 1 aromatic carbocycles. The van der Waals surface area contributed by atoms with Crippen LogP contribution in [-0.2, 0) is 20.9 Å². The lowest BCUT2D eigenvalue weighted by molar-refractivity contribution is -0.453. The number of nitro groups is 1. The third-order valence-electron chi connectivity index (χ3n) is 7.27. The summed E-state index contributed by atoms with van der Waals surface area (Å²) < 4.78 is 209. The number of alkyl halides is 15. The van der Waals surface area contributed by atoms with Crippen LogP contribution in [0.4, 0.5) is 71.5 Å². The number of carbonyl (C=O) groups is 2. The normalized spacial score (nSPS) is 13.9. The molecule has 0 heterocycles. The molecule has 26 heteroatoms. The van der Waals surface area contributed by atoms with Crippen molar-refractivity contribution in [3.63, 3.8) is 0 Å². The molecule has 0 fully saturated rings. The lowest BCUT2D eigenvalue weighted by atomic mass is 9.91. The first kappa shape index (κ1) is 48.6. The van der Waals surface area contributed by atoms with Gasteiger partial charge < -0.3 is 9.47 Å². The van der Waals surface area contributed by atoms with Crippen molar-refractivity contribution in [3.05, 3.63) is 39.4 Å². The number of esters is 2. The van der Waals surface area contributed by atoms with Crippen LogP contribution < -0.4 is 0 Å². The quantitative estimate of drug-likeness (QED) is 0.0219. The summed E-state index contributed by atoms with van der Waals surface area (Å²) in [5.41, 5.74) is -2.70. The summed E-state index contributed by atoms with van der Waals surface area (Å²) in [6.07, 6.45) is -1.75. The number of hydrogen-bond acceptors (Lipinski definition) is 6. The molecule has 0 aliphatic heterocycles. The first-order valence-electron chi connectivity index (χ1n) is 14.8. The maximum absolute atomic E-state index is 14.0. The molecule has 0 bridgehead atoms. The molecule has 0 amide bonds. The van der Waals surface area contributed by atoms with E-state index in [2.05, 4.69) is 4.74 Å². The van der Waals surface area contributed by atoms with Crippen molar-refractivity contribution in [2.24, 2.45) is 0 Å². The molecule has 7 nitrogen and oxygen atoms in total. The fourth-order valence-electron chi connectivity index (χ4n) is 4.20. The van der Waals surface area contributed by atoms with Crippen molar-refractivity contribution in [2.45, 2.75) is 112 Å². The van der Waals surface area contributed by atoms with E-state index in [9.17, 15) is 85.6 Å². The van der Waals surface area contributed by atoms with Crippen molar-refractivity contribution in [3.8, 4) is 0 Å². The van der Waals surface area contributed by atoms with Crippen molar-refractivity contribution in [1.82, 2.24) is 0 Å². The van der Waals surface area contributed by atoms with Crippen LogP contribution in [0, 0.1) is 10.1 Å². The lowest BCUT2D eigenvalue weighted by Gasteiger charge is -2.41. The molecule has 0 aliphatic carbocycles. The fraction of sp³-hybridized carbons (Fsp3) is 0.704. The Labute approximate surface area is 304 Å². The van der Waals surface area contributed by atoms with E-state index in [1.165, 1.54) is 0 Å². The Morgan fingerprint density at radius 2 is 1.11 bits per heavy atom. The molecule has 0 radical (unpaired) electrons. The Kier molecular flexibility index (Phi) is 16.5. The maximum atomic E-state index is 14.0. The monoisotopic (exact) mass is 879 g/mol. The summed E-state index contributed by atoms with van der Waals surface area (Å²) in [5, 5.41) is 11.4. The zero-order valence-electron chi connectivity index (χ0n) is 26.4. The Morgan fingerprint density at radius 3 is 1.58 bits per heavy atom. The molecule has 1 aromatic rings. The van der Waals surface area contributed by atoms with Gasteiger partial charge in [-0.2, -0.15) is 65.9 Å². The van der Waals surface area contributed by atoms with Crippen LogP contribution in [0.3, 0.4) is 0 Å². The minimum Gasteiger partial charge on any atom is -0.461 e. The number of ether oxygens (including phenoxy) is 2. The number of rotatable bonds is 22. The highest BCUT2D eigenvalue weighted by atomic mass is 35.8. The molecular formula is C27H27Cl3F15NO6Si. The van der Waals surface area contributed by atoms with Gasteiger partial charge in [0.25, 0.3) is 5.69 Å². The first-order valence-corrected chi connectivity index (χ1v) is 20.0. The molecule has 0 atom stereocenters. The fourth-order valence-corrected chi connectivity index (χ4v) is 6.05. The van der Waals surface area contributed by atoms with Crippen molar-refractivity contribution < 1.29 is 89.8 Å². The number of nitro benzene ring substituents is 1. The number of hydrogen-bond donors (Lipinski definition) is 0. The zero-order chi connectivity index (χ0) is 41.5. The molecule has 0 N–H and O–H groups in total. The predicted octanol–water partition coefficient (Wildman–Crippen LogP) is 11.3. The van der Waals surface area contributed by atoms with Gasteiger partial charge in [0.1, 0.15) is 6.61 Å². The molecule has 306 valence electrons. The van der Waals surface area contributed by atoms with Crippen LogP contribution in [0.25, 0.3) is 0 Å². The van der Waals surface area contributed by atoms with Crippen LogP contribution in [0.1, 0.15) is 73.7 Å². The van der Waals surface area contributed by atoms with Gasteiger partial charge in [-0.1, -0.05) is 44.9 Å². The van der Waals surface area contributed by atoms with Crippen molar-refractivity contribution in [2.75, 3.05) is 6.61 Å². The zero-order valence-corrected chi connectivity index (χ0v) is 29.7.